The van der Waals surface area contributed by atoms with Crippen molar-refractivity contribution >= 4 is 21.4 Å². The Morgan fingerprint density at radius 2 is 2.05 bits per heavy atom. The number of halogens is 1. The zero-order valence-electron chi connectivity index (χ0n) is 12.7. The van der Waals surface area contributed by atoms with Crippen LogP contribution in [0.25, 0.3) is 0 Å². The molecule has 1 aromatic carbocycles. The van der Waals surface area contributed by atoms with Crippen LogP contribution >= 0.6 is 11.6 Å². The van der Waals surface area contributed by atoms with Gasteiger partial charge in [-0.2, -0.15) is 0 Å². The van der Waals surface area contributed by atoms with E-state index in [1.165, 1.54) is 6.26 Å². The minimum Gasteiger partial charge on any atom is -0.316 e. The van der Waals surface area contributed by atoms with E-state index in [0.717, 1.165) is 42.7 Å². The first-order valence-corrected chi connectivity index (χ1v) is 9.84. The van der Waals surface area contributed by atoms with Gasteiger partial charge in [-0.15, -0.1) is 0 Å². The van der Waals surface area contributed by atoms with Gasteiger partial charge in [-0.3, -0.25) is 0 Å². The fraction of sp³-hybridized carbons (Fsp3) is 0.625. The van der Waals surface area contributed by atoms with Crippen LogP contribution in [0.4, 0.5) is 0 Å². The van der Waals surface area contributed by atoms with Gasteiger partial charge in [-0.1, -0.05) is 36.2 Å². The molecule has 3 nitrogen and oxygen atoms in total. The van der Waals surface area contributed by atoms with Crippen LogP contribution in [0, 0.1) is 5.92 Å². The maximum absolute atomic E-state index is 11.8. The normalized spacial score (nSPS) is 24.7. The van der Waals surface area contributed by atoms with Crippen molar-refractivity contribution in [1.82, 2.24) is 5.32 Å². The van der Waals surface area contributed by atoms with Crippen molar-refractivity contribution in [3.8, 4) is 0 Å². The molecule has 1 aromatic rings. The van der Waals surface area contributed by atoms with Crippen molar-refractivity contribution in [1.29, 1.82) is 0 Å². The second kappa shape index (κ2) is 7.12. The Hall–Kier alpha value is -0.580. The molecule has 0 radical (unpaired) electrons. The average Bonchev–Trinajstić information content (AvgIpc) is 2.46. The highest BCUT2D eigenvalue weighted by Crippen LogP contribution is 2.32. The predicted octanol–water partition coefficient (Wildman–Crippen LogP) is 3.07. The van der Waals surface area contributed by atoms with Gasteiger partial charge in [0.1, 0.15) is 9.84 Å². The number of nitrogens with one attached hydrogen (secondary N) is 1. The third-order valence-corrected chi connectivity index (χ3v) is 6.62. The summed E-state index contributed by atoms with van der Waals surface area (Å²) in [5.41, 5.74) is 1.12. The molecule has 21 heavy (non-hydrogen) atoms. The largest absolute Gasteiger partial charge is 0.316 e. The molecule has 1 aliphatic rings. The third-order valence-electron chi connectivity index (χ3n) is 4.61. The van der Waals surface area contributed by atoms with Crippen molar-refractivity contribution < 1.29 is 8.42 Å². The summed E-state index contributed by atoms with van der Waals surface area (Å²) in [4.78, 5) is 0. The van der Waals surface area contributed by atoms with E-state index in [9.17, 15) is 8.42 Å². The summed E-state index contributed by atoms with van der Waals surface area (Å²) in [6.07, 6.45) is 5.84. The molecule has 1 N–H and O–H groups in total. The van der Waals surface area contributed by atoms with E-state index in [4.69, 9.17) is 11.6 Å². The van der Waals surface area contributed by atoms with E-state index < -0.39 is 9.84 Å². The second-order valence-electron chi connectivity index (χ2n) is 6.07. The highest BCUT2D eigenvalue weighted by molar-refractivity contribution is 7.91. The van der Waals surface area contributed by atoms with Gasteiger partial charge in [0.2, 0.25) is 0 Å². The molecule has 1 aliphatic carbocycles. The van der Waals surface area contributed by atoms with Gasteiger partial charge in [-0.25, -0.2) is 8.42 Å². The van der Waals surface area contributed by atoms with E-state index in [2.05, 4.69) is 5.32 Å². The Balaban J connectivity index is 2.09. The lowest BCUT2D eigenvalue weighted by atomic mass is 9.81. The summed E-state index contributed by atoms with van der Waals surface area (Å²) in [7, 11) is -0.985. The van der Waals surface area contributed by atoms with Gasteiger partial charge in [0, 0.05) is 17.3 Å². The Morgan fingerprint density at radius 3 is 2.67 bits per heavy atom. The molecular weight excluding hydrogens is 306 g/mol. The van der Waals surface area contributed by atoms with Crippen molar-refractivity contribution in [3.05, 3.63) is 34.9 Å². The molecule has 2 rings (SSSR count). The van der Waals surface area contributed by atoms with Crippen molar-refractivity contribution in [3.63, 3.8) is 0 Å². The average molecular weight is 330 g/mol. The van der Waals surface area contributed by atoms with Crippen LogP contribution in [0.3, 0.4) is 0 Å². The number of likely N-dealkylation sites (N-methyl/N-ethyl adjacent to an activating group) is 1. The zero-order chi connectivity index (χ0) is 15.5. The van der Waals surface area contributed by atoms with Gasteiger partial charge in [-0.05, 0) is 50.3 Å². The molecule has 1 saturated carbocycles. The summed E-state index contributed by atoms with van der Waals surface area (Å²) < 4.78 is 23.6. The second-order valence-corrected chi connectivity index (χ2v) is 8.80. The van der Waals surface area contributed by atoms with E-state index in [-0.39, 0.29) is 11.3 Å². The molecule has 5 heteroatoms. The molecule has 1 fully saturated rings. The van der Waals surface area contributed by atoms with Gasteiger partial charge >= 0.3 is 0 Å². The molecule has 0 bridgehead atoms. The molecular formula is C16H24ClNO2S. The summed E-state index contributed by atoms with van der Waals surface area (Å²) in [5, 5.41) is 3.97. The van der Waals surface area contributed by atoms with Gasteiger partial charge in [0.25, 0.3) is 0 Å². The first kappa shape index (κ1) is 16.8. The molecule has 0 heterocycles. The minimum absolute atomic E-state index is 0.182. The number of hydrogen-bond acceptors (Lipinski definition) is 3. The van der Waals surface area contributed by atoms with E-state index in [0.29, 0.717) is 5.92 Å². The maximum atomic E-state index is 11.8. The van der Waals surface area contributed by atoms with E-state index >= 15 is 0 Å². The third kappa shape index (κ3) is 4.44. The topological polar surface area (TPSA) is 46.2 Å². The Morgan fingerprint density at radius 1 is 1.33 bits per heavy atom. The van der Waals surface area contributed by atoms with E-state index in [1.807, 2.05) is 31.3 Å². The highest BCUT2D eigenvalue weighted by Gasteiger charge is 2.32. The quantitative estimate of drug-likeness (QED) is 0.903. The SMILES string of the molecule is CNC(Cc1ccccc1Cl)C1CCCC(S(C)(=O)=O)C1. The molecule has 0 amide bonds. The van der Waals surface area contributed by atoms with Crippen LogP contribution in [-0.4, -0.2) is 33.0 Å². The predicted molar refractivity (Wildman–Crippen MR) is 88.6 cm³/mol. The molecule has 0 aliphatic heterocycles. The number of hydrogen-bond donors (Lipinski definition) is 1. The van der Waals surface area contributed by atoms with Crippen LogP contribution < -0.4 is 5.32 Å². The standard InChI is InChI=1S/C16H24ClNO2S/c1-18-16(11-12-6-3-4-9-15(12)17)13-7-5-8-14(10-13)21(2,19)20/h3-4,6,9,13-14,16,18H,5,7-8,10-11H2,1-2H3. The smallest absolute Gasteiger partial charge is 0.150 e. The van der Waals surface area contributed by atoms with Crippen LogP contribution in [0.15, 0.2) is 24.3 Å². The summed E-state index contributed by atoms with van der Waals surface area (Å²) in [5.74, 6) is 0.389. The van der Waals surface area contributed by atoms with E-state index in [1.54, 1.807) is 0 Å². The fourth-order valence-corrected chi connectivity index (χ4v) is 4.75. The lowest BCUT2D eigenvalue weighted by molar-refractivity contribution is 0.278. The zero-order valence-corrected chi connectivity index (χ0v) is 14.3. The monoisotopic (exact) mass is 329 g/mol. The Bertz CT molecular complexity index is 573. The van der Waals surface area contributed by atoms with Gasteiger partial charge < -0.3 is 5.32 Å². The summed E-state index contributed by atoms with van der Waals surface area (Å²) in [6, 6.07) is 8.15. The molecule has 118 valence electrons. The lowest BCUT2D eigenvalue weighted by Gasteiger charge is -2.34. The molecule has 0 saturated heterocycles. The van der Waals surface area contributed by atoms with Crippen molar-refractivity contribution in [2.45, 2.75) is 43.4 Å². The number of rotatable bonds is 5. The van der Waals surface area contributed by atoms with Crippen molar-refractivity contribution in [2.24, 2.45) is 5.92 Å². The lowest BCUT2D eigenvalue weighted by Crippen LogP contribution is -2.40. The minimum atomic E-state index is -2.94. The molecule has 0 aromatic heterocycles. The van der Waals surface area contributed by atoms with Crippen LogP contribution in [0.1, 0.15) is 31.2 Å². The Labute approximate surface area is 133 Å². The molecule has 0 spiro atoms. The number of benzene rings is 1. The first-order chi connectivity index (χ1) is 9.91. The van der Waals surface area contributed by atoms with Gasteiger partial charge in [0.15, 0.2) is 0 Å². The maximum Gasteiger partial charge on any atom is 0.150 e. The highest BCUT2D eigenvalue weighted by atomic mass is 35.5. The molecule has 3 atom stereocenters. The first-order valence-electron chi connectivity index (χ1n) is 7.51. The summed E-state index contributed by atoms with van der Waals surface area (Å²) in [6.45, 7) is 0. The van der Waals surface area contributed by atoms with Crippen LogP contribution in [-0.2, 0) is 16.3 Å². The fourth-order valence-electron chi connectivity index (χ4n) is 3.34. The summed E-state index contributed by atoms with van der Waals surface area (Å²) >= 11 is 6.24. The molecule has 3 unspecified atom stereocenters. The van der Waals surface area contributed by atoms with Crippen LogP contribution in [0.5, 0.6) is 0 Å². The van der Waals surface area contributed by atoms with Crippen LogP contribution in [0.2, 0.25) is 5.02 Å². The Kier molecular flexibility index (Phi) is 5.69. The van der Waals surface area contributed by atoms with Crippen molar-refractivity contribution in [2.75, 3.05) is 13.3 Å². The van der Waals surface area contributed by atoms with Gasteiger partial charge in [0.05, 0.1) is 5.25 Å². The number of sulfone groups is 1.